The number of aromatic nitrogens is 5. The summed E-state index contributed by atoms with van der Waals surface area (Å²) in [6.45, 7) is 12.0. The number of piperazine rings is 1. The third-order valence-electron chi connectivity index (χ3n) is 7.73. The van der Waals surface area contributed by atoms with Crippen molar-refractivity contribution in [3.8, 4) is 11.4 Å². The number of nitrogens with zero attached hydrogens (tertiary/aromatic N) is 5. The third kappa shape index (κ3) is 5.84. The number of anilines is 1. The number of pyridine rings is 2. The van der Waals surface area contributed by atoms with Gasteiger partial charge in [-0.2, -0.15) is 5.10 Å². The van der Waals surface area contributed by atoms with Crippen molar-refractivity contribution >= 4 is 34.3 Å². The van der Waals surface area contributed by atoms with Crippen LogP contribution in [0.3, 0.4) is 0 Å². The Morgan fingerprint density at radius 2 is 1.76 bits per heavy atom. The molecule has 1 saturated heterocycles. The van der Waals surface area contributed by atoms with Gasteiger partial charge in [-0.05, 0) is 54.4 Å². The number of hydrogen-bond donors (Lipinski definition) is 3. The monoisotopic (exact) mass is 544 g/mol. The van der Waals surface area contributed by atoms with Gasteiger partial charge in [0.1, 0.15) is 5.69 Å². The van der Waals surface area contributed by atoms with E-state index in [4.69, 9.17) is 5.10 Å². The molecule has 0 saturated carbocycles. The fourth-order valence-electron chi connectivity index (χ4n) is 5.36. The van der Waals surface area contributed by atoms with E-state index in [9.17, 15) is 0 Å². The van der Waals surface area contributed by atoms with E-state index >= 15 is 0 Å². The average molecular weight is 545 g/mol. The van der Waals surface area contributed by atoms with Crippen LogP contribution in [0.2, 0.25) is 0 Å². The minimum absolute atomic E-state index is 0.729. The van der Waals surface area contributed by atoms with Crippen molar-refractivity contribution in [3.05, 3.63) is 101 Å². The summed E-state index contributed by atoms with van der Waals surface area (Å²) >= 11 is 0. The van der Waals surface area contributed by atoms with Gasteiger partial charge in [0.25, 0.3) is 0 Å². The van der Waals surface area contributed by atoms with Crippen LogP contribution in [0.15, 0.2) is 73.8 Å². The largest absolute Gasteiger partial charge is 0.367 e. The summed E-state index contributed by atoms with van der Waals surface area (Å²) < 4.78 is 0. The molecule has 0 spiro atoms. The standard InChI is InChI=1S/C33H36N8/c1-4-29-28(14-23(2)26-15-25(19-35-20-26)18-34-17-24-8-6-5-7-9-24)33(39-38-29)30-16-27-31(37-30)21-36-22-32(27)41-12-10-40(3)11-13-41/h4-9,14-16,19-22,34,37-38H,2,10-13,17-18H2,1,3H3/b28-14+,29-4+. The summed E-state index contributed by atoms with van der Waals surface area (Å²) in [6.07, 6.45) is 11.8. The molecule has 3 N–H and O–H groups in total. The molecule has 5 heterocycles. The number of hydrogen-bond acceptors (Lipinski definition) is 6. The van der Waals surface area contributed by atoms with E-state index in [1.54, 1.807) is 0 Å². The molecule has 0 atom stereocenters. The molecular weight excluding hydrogens is 508 g/mol. The predicted octanol–water partition coefficient (Wildman–Crippen LogP) is 3.68. The van der Waals surface area contributed by atoms with Gasteiger partial charge in [0, 0.05) is 62.3 Å². The first-order valence-corrected chi connectivity index (χ1v) is 14.1. The van der Waals surface area contributed by atoms with Crippen molar-refractivity contribution in [2.24, 2.45) is 0 Å². The molecule has 4 aromatic heterocycles. The van der Waals surface area contributed by atoms with Crippen LogP contribution < -0.4 is 20.8 Å². The molecule has 208 valence electrons. The molecule has 41 heavy (non-hydrogen) atoms. The number of H-pyrrole nitrogens is 2. The topological polar surface area (TPSA) is 88.8 Å². The second-order valence-corrected chi connectivity index (χ2v) is 10.6. The Labute approximate surface area is 240 Å². The highest BCUT2D eigenvalue weighted by Crippen LogP contribution is 2.29. The zero-order valence-electron chi connectivity index (χ0n) is 23.7. The molecule has 0 bridgehead atoms. The molecule has 6 rings (SSSR count). The fraction of sp³-hybridized carbons (Fsp3) is 0.242. The van der Waals surface area contributed by atoms with E-state index in [0.29, 0.717) is 0 Å². The Bertz CT molecular complexity index is 1780. The summed E-state index contributed by atoms with van der Waals surface area (Å²) in [6, 6.07) is 14.7. The van der Waals surface area contributed by atoms with Gasteiger partial charge in [0.15, 0.2) is 0 Å². The van der Waals surface area contributed by atoms with Crippen LogP contribution in [-0.2, 0) is 13.1 Å². The smallest absolute Gasteiger partial charge is 0.116 e. The molecule has 1 aromatic carbocycles. The number of aromatic amines is 2. The second-order valence-electron chi connectivity index (χ2n) is 10.6. The lowest BCUT2D eigenvalue weighted by Crippen LogP contribution is -2.44. The molecule has 8 heteroatoms. The van der Waals surface area contributed by atoms with Crippen LogP contribution in [-0.4, -0.2) is 63.3 Å². The van der Waals surface area contributed by atoms with Crippen molar-refractivity contribution in [3.63, 3.8) is 0 Å². The Hall–Kier alpha value is -4.53. The summed E-state index contributed by atoms with van der Waals surface area (Å²) in [5, 5.41) is 14.5. The van der Waals surface area contributed by atoms with Crippen molar-refractivity contribution in [1.82, 2.24) is 35.4 Å². The number of benzene rings is 1. The Morgan fingerprint density at radius 1 is 0.976 bits per heavy atom. The number of allylic oxidation sites excluding steroid dienone is 1. The Balaban J connectivity index is 1.28. The maximum Gasteiger partial charge on any atom is 0.116 e. The van der Waals surface area contributed by atoms with Crippen molar-refractivity contribution in [2.75, 3.05) is 38.1 Å². The minimum atomic E-state index is 0.729. The van der Waals surface area contributed by atoms with Gasteiger partial charge in [0.2, 0.25) is 0 Å². The van der Waals surface area contributed by atoms with E-state index in [2.05, 4.69) is 91.3 Å². The Kier molecular flexibility index (Phi) is 7.75. The molecule has 1 aliphatic heterocycles. The van der Waals surface area contributed by atoms with Crippen molar-refractivity contribution in [1.29, 1.82) is 0 Å². The average Bonchev–Trinajstić information content (AvgIpc) is 3.62. The summed E-state index contributed by atoms with van der Waals surface area (Å²) in [5.74, 6) is 0. The van der Waals surface area contributed by atoms with E-state index in [-0.39, 0.29) is 0 Å². The van der Waals surface area contributed by atoms with Crippen molar-refractivity contribution < 1.29 is 0 Å². The van der Waals surface area contributed by atoms with Crippen LogP contribution >= 0.6 is 0 Å². The van der Waals surface area contributed by atoms with Gasteiger partial charge in [-0.1, -0.05) is 43.0 Å². The molecule has 8 nitrogen and oxygen atoms in total. The summed E-state index contributed by atoms with van der Waals surface area (Å²) in [5.41, 5.74) is 8.20. The fourth-order valence-corrected chi connectivity index (χ4v) is 5.36. The number of likely N-dealkylation sites (N-methyl/N-ethyl adjacent to an activating group) is 1. The number of rotatable bonds is 8. The first kappa shape index (κ1) is 26.7. The SMILES string of the molecule is C=C(/C=c1/c(-c2cc3c(N4CCN(C)CC4)cncc3[nH]2)n[nH]/c1=C/C)c1cncc(CNCc2ccccc2)c1. The van der Waals surface area contributed by atoms with Crippen molar-refractivity contribution in [2.45, 2.75) is 20.0 Å². The lowest BCUT2D eigenvalue weighted by atomic mass is 10.1. The lowest BCUT2D eigenvalue weighted by molar-refractivity contribution is 0.313. The van der Waals surface area contributed by atoms with Crippen LogP contribution in [0.1, 0.15) is 23.6 Å². The first-order valence-electron chi connectivity index (χ1n) is 14.1. The normalized spacial score (nSPS) is 15.2. The first-order chi connectivity index (χ1) is 20.1. The quantitative estimate of drug-likeness (QED) is 0.276. The second kappa shape index (κ2) is 11.9. The van der Waals surface area contributed by atoms with E-state index in [1.165, 1.54) is 5.56 Å². The molecular formula is C33H36N8. The molecule has 0 aliphatic carbocycles. The number of nitrogens with one attached hydrogen (secondary N) is 3. The molecule has 1 fully saturated rings. The van der Waals surface area contributed by atoms with Gasteiger partial charge >= 0.3 is 0 Å². The van der Waals surface area contributed by atoms with Gasteiger partial charge in [-0.3, -0.25) is 15.1 Å². The molecule has 1 aliphatic rings. The zero-order valence-corrected chi connectivity index (χ0v) is 23.7. The Morgan fingerprint density at radius 3 is 2.56 bits per heavy atom. The van der Waals surface area contributed by atoms with Gasteiger partial charge < -0.3 is 20.1 Å². The van der Waals surface area contributed by atoms with E-state index < -0.39 is 0 Å². The van der Waals surface area contributed by atoms with Gasteiger partial charge in [-0.15, -0.1) is 0 Å². The van der Waals surface area contributed by atoms with E-state index in [1.807, 2.05) is 43.9 Å². The maximum absolute atomic E-state index is 4.71. The highest BCUT2D eigenvalue weighted by atomic mass is 15.3. The van der Waals surface area contributed by atoms with E-state index in [0.717, 1.165) is 94.5 Å². The highest BCUT2D eigenvalue weighted by Gasteiger charge is 2.19. The predicted molar refractivity (Wildman–Crippen MR) is 167 cm³/mol. The van der Waals surface area contributed by atoms with Crippen LogP contribution in [0, 0.1) is 0 Å². The summed E-state index contributed by atoms with van der Waals surface area (Å²) in [7, 11) is 2.17. The lowest BCUT2D eigenvalue weighted by Gasteiger charge is -2.34. The zero-order chi connectivity index (χ0) is 28.2. The number of fused-ring (bicyclic) bond motifs is 1. The van der Waals surface area contributed by atoms with Crippen LogP contribution in [0.25, 0.3) is 40.0 Å². The minimum Gasteiger partial charge on any atom is -0.367 e. The molecule has 0 radical (unpaired) electrons. The molecule has 0 amide bonds. The third-order valence-corrected chi connectivity index (χ3v) is 7.73. The van der Waals surface area contributed by atoms with Crippen LogP contribution in [0.4, 0.5) is 5.69 Å². The van der Waals surface area contributed by atoms with Gasteiger partial charge in [0.05, 0.1) is 34.6 Å². The molecule has 5 aromatic rings. The maximum atomic E-state index is 4.71. The van der Waals surface area contributed by atoms with Gasteiger partial charge in [-0.25, -0.2) is 0 Å². The highest BCUT2D eigenvalue weighted by molar-refractivity contribution is 5.95. The van der Waals surface area contributed by atoms with Crippen LogP contribution in [0.5, 0.6) is 0 Å². The molecule has 0 unspecified atom stereocenters. The summed E-state index contributed by atoms with van der Waals surface area (Å²) in [4.78, 5) is 17.4.